The molecule has 0 aliphatic carbocycles. The van der Waals surface area contributed by atoms with Crippen molar-refractivity contribution in [3.63, 3.8) is 0 Å². The number of fused-ring (bicyclic) bond motifs is 9. The van der Waals surface area contributed by atoms with Crippen LogP contribution in [0.25, 0.3) is 104 Å². The molecule has 0 spiro atoms. The summed E-state index contributed by atoms with van der Waals surface area (Å²) >= 11 is 1.89. The molecular weight excluding hydrogens is 1080 g/mol. The Balaban J connectivity index is 0.000000300. The van der Waals surface area contributed by atoms with Crippen molar-refractivity contribution in [2.24, 2.45) is 0 Å². The van der Waals surface area contributed by atoms with Crippen LogP contribution in [0.1, 0.15) is 103 Å². The van der Waals surface area contributed by atoms with E-state index in [1.807, 2.05) is 47.9 Å². The number of pyridine rings is 1. The van der Waals surface area contributed by atoms with Crippen LogP contribution in [0.4, 0.5) is 0 Å². The Kier molecular flexibility index (Phi) is 12.9. The van der Waals surface area contributed by atoms with Crippen molar-refractivity contribution in [1.82, 2.24) is 14.5 Å². The second-order valence-corrected chi connectivity index (χ2v) is 22.7. The third-order valence-electron chi connectivity index (χ3n) is 13.9. The zero-order valence-electron chi connectivity index (χ0n) is 42.7. The summed E-state index contributed by atoms with van der Waals surface area (Å²) in [6.45, 7) is 22.8. The van der Waals surface area contributed by atoms with Gasteiger partial charge in [-0.15, -0.1) is 65.4 Å². The summed E-state index contributed by atoms with van der Waals surface area (Å²) in [5, 5.41) is 8.27. The van der Waals surface area contributed by atoms with Crippen molar-refractivity contribution in [1.29, 1.82) is 0 Å². The van der Waals surface area contributed by atoms with Gasteiger partial charge in [-0.1, -0.05) is 159 Å². The monoisotopic (exact) mass is 1130 g/mol. The van der Waals surface area contributed by atoms with E-state index >= 15 is 0 Å². The predicted octanol–water partition coefficient (Wildman–Crippen LogP) is 19.0. The molecule has 0 aliphatic rings. The Morgan fingerprint density at radius 3 is 2.00 bits per heavy atom. The molecular formula is C66H59IrN3OS-2. The first kappa shape index (κ1) is 48.9. The minimum atomic E-state index is 0. The molecule has 0 unspecified atom stereocenters. The molecule has 6 heteroatoms. The second-order valence-electron chi connectivity index (χ2n) is 21.7. The van der Waals surface area contributed by atoms with E-state index in [9.17, 15) is 0 Å². The number of nitrogens with zero attached hydrogens (tertiary/aromatic N) is 3. The largest absolute Gasteiger partial charge is 0.501 e. The molecule has 12 aromatic rings. The quantitative estimate of drug-likeness (QED) is 0.123. The number of thiophene rings is 1. The van der Waals surface area contributed by atoms with Crippen molar-refractivity contribution >= 4 is 75.9 Å². The van der Waals surface area contributed by atoms with E-state index in [0.717, 1.165) is 55.6 Å². The molecule has 8 aromatic carbocycles. The molecule has 4 nitrogen and oxygen atoms in total. The van der Waals surface area contributed by atoms with Crippen molar-refractivity contribution < 1.29 is 24.5 Å². The minimum Gasteiger partial charge on any atom is -0.501 e. The molecule has 0 amide bonds. The first-order valence-electron chi connectivity index (χ1n) is 24.9. The van der Waals surface area contributed by atoms with Crippen molar-refractivity contribution in [3.8, 4) is 39.5 Å². The fraction of sp³-hybridized carbons (Fsp3) is 0.212. The van der Waals surface area contributed by atoms with Crippen molar-refractivity contribution in [3.05, 3.63) is 198 Å². The summed E-state index contributed by atoms with van der Waals surface area (Å²) in [5.41, 5.74) is 14.5. The Hall–Kier alpha value is -6.69. The maximum atomic E-state index is 6.97. The van der Waals surface area contributed by atoms with Gasteiger partial charge >= 0.3 is 0 Å². The summed E-state index contributed by atoms with van der Waals surface area (Å²) in [4.78, 5) is 11.3. The van der Waals surface area contributed by atoms with E-state index in [1.54, 1.807) is 0 Å². The molecule has 4 heterocycles. The van der Waals surface area contributed by atoms with Gasteiger partial charge in [0.05, 0.1) is 27.1 Å². The predicted molar refractivity (Wildman–Crippen MR) is 303 cm³/mol. The molecule has 0 fully saturated rings. The summed E-state index contributed by atoms with van der Waals surface area (Å²) < 4.78 is 10.7. The molecule has 0 N–H and O–H groups in total. The van der Waals surface area contributed by atoms with Crippen LogP contribution >= 0.6 is 11.3 Å². The fourth-order valence-electron chi connectivity index (χ4n) is 10.0. The zero-order chi connectivity index (χ0) is 49.3. The van der Waals surface area contributed by atoms with Crippen LogP contribution in [0, 0.1) is 12.1 Å². The van der Waals surface area contributed by atoms with Crippen LogP contribution in [0.3, 0.4) is 0 Å². The number of hydrogen-bond acceptors (Lipinski definition) is 4. The van der Waals surface area contributed by atoms with Gasteiger partial charge in [0.25, 0.3) is 0 Å². The minimum absolute atomic E-state index is 0. The number of imidazole rings is 1. The number of aromatic nitrogens is 3. The van der Waals surface area contributed by atoms with Crippen LogP contribution in [0.15, 0.2) is 168 Å². The molecule has 1 radical (unpaired) electrons. The normalized spacial score (nSPS) is 12.2. The Morgan fingerprint density at radius 2 is 1.29 bits per heavy atom. The number of rotatable bonds is 6. The molecule has 0 atom stereocenters. The SMILES string of the molecule is CC(C)(C)c1ccnc(-c2[c-]cccc2)c1.CC(C)c1cc(-c2ccccc2)cc(C(C)C)c1-n1c(-c2[c-]ccc3c2oc2cc4c(ccc5ccccc54)cc23)nc2ccc3cc(C(C)(C)C)sc3c21.[Ir]. The van der Waals surface area contributed by atoms with E-state index in [4.69, 9.17) is 9.40 Å². The summed E-state index contributed by atoms with van der Waals surface area (Å²) in [7, 11) is 0. The summed E-state index contributed by atoms with van der Waals surface area (Å²) in [6, 6.07) is 63.2. The van der Waals surface area contributed by atoms with Crippen LogP contribution in [0.5, 0.6) is 0 Å². The molecule has 0 bridgehead atoms. The molecule has 0 saturated carbocycles. The van der Waals surface area contributed by atoms with Crippen molar-refractivity contribution in [2.45, 2.75) is 91.9 Å². The van der Waals surface area contributed by atoms with Crippen LogP contribution in [0.2, 0.25) is 0 Å². The van der Waals surface area contributed by atoms with Gasteiger partial charge in [0.15, 0.2) is 0 Å². The molecule has 12 rings (SSSR count). The van der Waals surface area contributed by atoms with E-state index in [1.165, 1.54) is 70.0 Å². The van der Waals surface area contributed by atoms with E-state index in [-0.39, 0.29) is 42.8 Å². The van der Waals surface area contributed by atoms with Crippen LogP contribution < -0.4 is 0 Å². The number of hydrogen-bond donors (Lipinski definition) is 0. The van der Waals surface area contributed by atoms with E-state index < -0.39 is 0 Å². The molecule has 361 valence electrons. The van der Waals surface area contributed by atoms with Gasteiger partial charge in [-0.3, -0.25) is 4.98 Å². The third kappa shape index (κ3) is 8.89. The van der Waals surface area contributed by atoms with Crippen LogP contribution in [-0.4, -0.2) is 14.5 Å². The van der Waals surface area contributed by atoms with Crippen molar-refractivity contribution in [2.75, 3.05) is 0 Å². The Morgan fingerprint density at radius 1 is 0.583 bits per heavy atom. The number of furan rings is 1. The maximum Gasteiger partial charge on any atom is 0.121 e. The topological polar surface area (TPSA) is 43.9 Å². The second kappa shape index (κ2) is 19.1. The average molecular weight is 1130 g/mol. The number of benzene rings is 8. The molecule has 0 aliphatic heterocycles. The summed E-state index contributed by atoms with van der Waals surface area (Å²) in [5.74, 6) is 1.36. The van der Waals surface area contributed by atoms with Gasteiger partial charge in [0.1, 0.15) is 5.58 Å². The van der Waals surface area contributed by atoms with Gasteiger partial charge in [0.2, 0.25) is 0 Å². The smallest absolute Gasteiger partial charge is 0.121 e. The third-order valence-corrected chi connectivity index (χ3v) is 15.5. The van der Waals surface area contributed by atoms with Gasteiger partial charge in [0, 0.05) is 42.3 Å². The maximum absolute atomic E-state index is 6.97. The van der Waals surface area contributed by atoms with Gasteiger partial charge in [-0.2, -0.15) is 0 Å². The van der Waals surface area contributed by atoms with Gasteiger partial charge in [-0.25, -0.2) is 0 Å². The van der Waals surface area contributed by atoms with E-state index in [0.29, 0.717) is 0 Å². The van der Waals surface area contributed by atoms with Gasteiger partial charge in [-0.05, 0) is 126 Å². The molecule has 0 saturated heterocycles. The Labute approximate surface area is 441 Å². The molecule has 4 aromatic heterocycles. The average Bonchev–Trinajstić information content (AvgIpc) is 4.10. The Bertz CT molecular complexity index is 3930. The fourth-order valence-corrected chi connectivity index (χ4v) is 11.3. The first-order valence-corrected chi connectivity index (χ1v) is 25.8. The summed E-state index contributed by atoms with van der Waals surface area (Å²) in [6.07, 6.45) is 1.87. The van der Waals surface area contributed by atoms with Crippen LogP contribution in [-0.2, 0) is 30.9 Å². The van der Waals surface area contributed by atoms with Gasteiger partial charge < -0.3 is 14.0 Å². The first-order chi connectivity index (χ1) is 34.1. The van der Waals surface area contributed by atoms with E-state index in [2.05, 4.69) is 218 Å². The standard InChI is InChI=1S/C51H43N2OS.C15H16N.Ir/c1-29(2)39-25-35(31-14-9-8-10-15-31)26-40(30(3)4)46(39)53-47-43(23-22-34-27-45(51(5,6)7)55-49(34)47)52-50(53)38-19-13-18-37-42-24-33-21-20-32-16-11-12-17-36(32)41(33)28-44(42)54-48(37)38;1-15(2,3)13-9-10-16-14(11-13)12-7-5-4-6-8-12;/h8-18,20-30H,1-7H3;4-7,9-11H,1-3H3;/q2*-1;. The molecule has 72 heavy (non-hydrogen) atoms. The zero-order valence-corrected chi connectivity index (χ0v) is 45.9.